The summed E-state index contributed by atoms with van der Waals surface area (Å²) in [7, 11) is -2.80. The summed E-state index contributed by atoms with van der Waals surface area (Å²) in [6, 6.07) is 12.2. The zero-order valence-electron chi connectivity index (χ0n) is 19.6. The van der Waals surface area contributed by atoms with Crippen molar-refractivity contribution in [2.45, 2.75) is 30.7 Å². The Kier molecular flexibility index (Phi) is 7.33. The Labute approximate surface area is 207 Å². The summed E-state index contributed by atoms with van der Waals surface area (Å²) in [6.45, 7) is 1.69. The molecule has 1 aliphatic carbocycles. The molecule has 0 spiro atoms. The third kappa shape index (κ3) is 5.53. The van der Waals surface area contributed by atoms with E-state index in [1.807, 2.05) is 6.07 Å². The van der Waals surface area contributed by atoms with Gasteiger partial charge in [0.15, 0.2) is 5.69 Å². The zero-order valence-corrected chi connectivity index (χ0v) is 20.4. The number of carbonyl (C=O) groups excluding carboxylic acids is 1. The number of aromatic nitrogens is 2. The molecule has 0 saturated heterocycles. The number of nitro groups is 1. The first-order valence-corrected chi connectivity index (χ1v) is 12.6. The number of rotatable bonds is 11. The first kappa shape index (κ1) is 25.3. The number of benzene rings is 2. The van der Waals surface area contributed by atoms with E-state index in [9.17, 15) is 23.3 Å². The number of hydrogen-bond donors (Lipinski definition) is 2. The largest absolute Gasteiger partial charge is 0.437 e. The van der Waals surface area contributed by atoms with Crippen molar-refractivity contribution in [2.24, 2.45) is 0 Å². The van der Waals surface area contributed by atoms with E-state index in [0.717, 1.165) is 25.0 Å². The maximum absolute atomic E-state index is 13.0. The molecule has 12 nitrogen and oxygen atoms in total. The third-order valence-electron chi connectivity index (χ3n) is 5.43. The van der Waals surface area contributed by atoms with Crippen molar-refractivity contribution < 1.29 is 27.6 Å². The lowest BCUT2D eigenvalue weighted by atomic mass is 10.2. The van der Waals surface area contributed by atoms with E-state index in [2.05, 4.69) is 15.1 Å². The summed E-state index contributed by atoms with van der Waals surface area (Å²) in [5, 5.41) is 18.7. The monoisotopic (exact) mass is 515 g/mol. The van der Waals surface area contributed by atoms with Gasteiger partial charge in [-0.05, 0) is 38.0 Å². The fourth-order valence-corrected chi connectivity index (χ4v) is 4.56. The van der Waals surface area contributed by atoms with Crippen LogP contribution >= 0.6 is 0 Å². The Morgan fingerprint density at radius 3 is 2.58 bits per heavy atom. The van der Waals surface area contributed by atoms with Gasteiger partial charge in [0.2, 0.25) is 15.9 Å². The number of methoxy groups -OCH3 is 1. The van der Waals surface area contributed by atoms with E-state index in [1.165, 1.54) is 17.9 Å². The maximum atomic E-state index is 13.0. The molecule has 0 atom stereocenters. The molecule has 190 valence electrons. The fourth-order valence-electron chi connectivity index (χ4n) is 3.41. The number of para-hydroxylation sites is 1. The molecule has 2 N–H and O–H groups in total. The van der Waals surface area contributed by atoms with Crippen LogP contribution in [0.4, 0.5) is 5.69 Å². The lowest BCUT2D eigenvalue weighted by Crippen LogP contribution is -2.27. The molecule has 1 aliphatic rings. The molecule has 0 unspecified atom stereocenters. The van der Waals surface area contributed by atoms with Crippen LogP contribution in [0.1, 0.15) is 28.9 Å². The van der Waals surface area contributed by atoms with Crippen molar-refractivity contribution in [3.8, 4) is 17.3 Å². The standard InChI is InChI=1S/C23H25N5O7S/c1-15-21(22(29)25-16-8-9-16)26-27(17-6-4-3-5-7-17)23(15)35-19-11-10-18(28(30)31)14-20(19)36(32,33)24-12-13-34-2/h3-7,10-11,14,16,24H,8-9,12-13H2,1-2H3,(H,25,29). The fraction of sp³-hybridized carbons (Fsp3) is 0.304. The van der Waals surface area contributed by atoms with Crippen molar-refractivity contribution in [1.29, 1.82) is 0 Å². The number of hydrogen-bond acceptors (Lipinski definition) is 8. The highest BCUT2D eigenvalue weighted by Crippen LogP contribution is 2.35. The van der Waals surface area contributed by atoms with E-state index < -0.39 is 25.5 Å². The Morgan fingerprint density at radius 2 is 1.94 bits per heavy atom. The van der Waals surface area contributed by atoms with Gasteiger partial charge in [0.1, 0.15) is 10.6 Å². The smallest absolute Gasteiger partial charge is 0.272 e. The second-order valence-electron chi connectivity index (χ2n) is 8.15. The molecule has 4 rings (SSSR count). The van der Waals surface area contributed by atoms with Gasteiger partial charge in [0, 0.05) is 37.4 Å². The highest BCUT2D eigenvalue weighted by molar-refractivity contribution is 7.89. The molecular weight excluding hydrogens is 490 g/mol. The van der Waals surface area contributed by atoms with Crippen molar-refractivity contribution >= 4 is 21.6 Å². The molecular formula is C23H25N5O7S. The SMILES string of the molecule is COCCNS(=O)(=O)c1cc([N+](=O)[O-])ccc1Oc1c(C)c(C(=O)NC2CC2)nn1-c1ccccc1. The van der Waals surface area contributed by atoms with Crippen molar-refractivity contribution in [3.05, 3.63) is 69.9 Å². The maximum Gasteiger partial charge on any atom is 0.272 e. The average molecular weight is 516 g/mol. The molecule has 13 heteroatoms. The predicted octanol–water partition coefficient (Wildman–Crippen LogP) is 2.70. The van der Waals surface area contributed by atoms with Crippen molar-refractivity contribution in [1.82, 2.24) is 19.8 Å². The predicted molar refractivity (Wildman–Crippen MR) is 129 cm³/mol. The quantitative estimate of drug-likeness (QED) is 0.224. The van der Waals surface area contributed by atoms with Crippen molar-refractivity contribution in [2.75, 3.05) is 20.3 Å². The number of ether oxygens (including phenoxy) is 2. The Hall–Kier alpha value is -3.81. The van der Waals surface area contributed by atoms with Crippen LogP contribution in [0.2, 0.25) is 0 Å². The van der Waals surface area contributed by atoms with Crippen LogP contribution in [-0.2, 0) is 14.8 Å². The van der Waals surface area contributed by atoms with E-state index >= 15 is 0 Å². The van der Waals surface area contributed by atoms with Crippen LogP contribution in [0, 0.1) is 17.0 Å². The molecule has 1 saturated carbocycles. The highest BCUT2D eigenvalue weighted by atomic mass is 32.2. The molecule has 2 aromatic carbocycles. The minimum Gasteiger partial charge on any atom is -0.437 e. The first-order chi connectivity index (χ1) is 17.2. The van der Waals surface area contributed by atoms with Gasteiger partial charge in [-0.25, -0.2) is 13.1 Å². The average Bonchev–Trinajstić information content (AvgIpc) is 3.61. The van der Waals surface area contributed by atoms with Gasteiger partial charge in [-0.3, -0.25) is 14.9 Å². The second-order valence-corrected chi connectivity index (χ2v) is 9.89. The van der Waals surface area contributed by atoms with Crippen molar-refractivity contribution in [3.63, 3.8) is 0 Å². The summed E-state index contributed by atoms with van der Waals surface area (Å²) >= 11 is 0. The number of carbonyl (C=O) groups is 1. The van der Waals surface area contributed by atoms with Crippen LogP contribution in [0.25, 0.3) is 5.69 Å². The minimum atomic E-state index is -4.22. The van der Waals surface area contributed by atoms with Gasteiger partial charge in [0.25, 0.3) is 11.6 Å². The molecule has 3 aromatic rings. The molecule has 36 heavy (non-hydrogen) atoms. The number of non-ortho nitro benzene ring substituents is 1. The van der Waals surface area contributed by atoms with Gasteiger partial charge in [0.05, 0.1) is 17.2 Å². The van der Waals surface area contributed by atoms with E-state index in [4.69, 9.17) is 9.47 Å². The van der Waals surface area contributed by atoms with E-state index in [-0.39, 0.29) is 42.4 Å². The first-order valence-electron chi connectivity index (χ1n) is 11.1. The normalized spacial score (nSPS) is 13.4. The minimum absolute atomic E-state index is 0.0482. The summed E-state index contributed by atoms with van der Waals surface area (Å²) in [4.78, 5) is 23.0. The van der Waals surface area contributed by atoms with Crippen LogP contribution in [0.15, 0.2) is 53.4 Å². The van der Waals surface area contributed by atoms with Crippen LogP contribution in [0.5, 0.6) is 11.6 Å². The molecule has 0 radical (unpaired) electrons. The number of nitrogens with zero attached hydrogens (tertiary/aromatic N) is 3. The molecule has 0 aliphatic heterocycles. The summed E-state index contributed by atoms with van der Waals surface area (Å²) in [5.41, 5.74) is 0.661. The topological polar surface area (TPSA) is 155 Å². The lowest BCUT2D eigenvalue weighted by molar-refractivity contribution is -0.385. The van der Waals surface area contributed by atoms with Crippen LogP contribution < -0.4 is 14.8 Å². The number of nitro benzene ring substituents is 1. The molecule has 0 bridgehead atoms. The Bertz CT molecular complexity index is 1390. The summed E-state index contributed by atoms with van der Waals surface area (Å²) in [6.07, 6.45) is 1.79. The highest BCUT2D eigenvalue weighted by Gasteiger charge is 2.30. The van der Waals surface area contributed by atoms with Crippen LogP contribution in [0.3, 0.4) is 0 Å². The molecule has 1 heterocycles. The van der Waals surface area contributed by atoms with Gasteiger partial charge < -0.3 is 14.8 Å². The van der Waals surface area contributed by atoms with Gasteiger partial charge >= 0.3 is 0 Å². The third-order valence-corrected chi connectivity index (χ3v) is 6.91. The van der Waals surface area contributed by atoms with Crippen LogP contribution in [-0.4, -0.2) is 55.3 Å². The lowest BCUT2D eigenvalue weighted by Gasteiger charge is -2.14. The number of nitrogens with one attached hydrogen (secondary N) is 2. The Balaban J connectivity index is 1.80. The molecule has 1 fully saturated rings. The molecule has 1 aromatic heterocycles. The zero-order chi connectivity index (χ0) is 25.9. The number of amides is 1. The molecule has 1 amide bonds. The van der Waals surface area contributed by atoms with Gasteiger partial charge in [-0.1, -0.05) is 18.2 Å². The van der Waals surface area contributed by atoms with Gasteiger partial charge in [-0.2, -0.15) is 9.78 Å². The van der Waals surface area contributed by atoms with E-state index in [0.29, 0.717) is 11.3 Å². The van der Waals surface area contributed by atoms with Gasteiger partial charge in [-0.15, -0.1) is 0 Å². The number of sulfonamides is 1. The summed E-state index contributed by atoms with van der Waals surface area (Å²) in [5.74, 6) is -0.434. The Morgan fingerprint density at radius 1 is 1.22 bits per heavy atom. The summed E-state index contributed by atoms with van der Waals surface area (Å²) < 4.78 is 40.7. The second kappa shape index (κ2) is 10.4. The van der Waals surface area contributed by atoms with E-state index in [1.54, 1.807) is 31.2 Å².